The maximum Gasteiger partial charge on any atom is 0.230 e. The Morgan fingerprint density at radius 2 is 1.97 bits per heavy atom. The molecule has 0 aliphatic rings. The van der Waals surface area contributed by atoms with Crippen LogP contribution in [-0.4, -0.2) is 48.0 Å². The number of amides is 1. The molecule has 0 atom stereocenters. The molecule has 0 aliphatic carbocycles. The molecular weight excluding hydrogens is 380 g/mol. The number of methoxy groups -OCH3 is 1. The van der Waals surface area contributed by atoms with E-state index in [9.17, 15) is 4.79 Å². The van der Waals surface area contributed by atoms with Gasteiger partial charge in [-0.2, -0.15) is 10.4 Å². The van der Waals surface area contributed by atoms with Crippen molar-refractivity contribution in [2.75, 3.05) is 37.5 Å². The summed E-state index contributed by atoms with van der Waals surface area (Å²) in [5, 5.41) is 16.1. The molecule has 0 radical (unpaired) electrons. The molecule has 1 amide bonds. The molecule has 0 bridgehead atoms. The number of pyridine rings is 1. The van der Waals surface area contributed by atoms with Crippen molar-refractivity contribution in [1.29, 1.82) is 5.26 Å². The van der Waals surface area contributed by atoms with E-state index in [1.807, 2.05) is 36.2 Å². The minimum atomic E-state index is -0.152. The molecule has 0 aliphatic heterocycles. The van der Waals surface area contributed by atoms with Crippen molar-refractivity contribution in [3.05, 3.63) is 71.5 Å². The molecule has 3 rings (SSSR count). The predicted octanol–water partition coefficient (Wildman–Crippen LogP) is 2.46. The summed E-state index contributed by atoms with van der Waals surface area (Å²) < 4.78 is 6.81. The summed E-state index contributed by atoms with van der Waals surface area (Å²) in [5.74, 6) is 1.18. The fraction of sp³-hybridized carbons (Fsp3) is 0.273. The van der Waals surface area contributed by atoms with Gasteiger partial charge in [0.2, 0.25) is 5.91 Å². The second kappa shape index (κ2) is 10.2. The van der Waals surface area contributed by atoms with Crippen LogP contribution in [0.5, 0.6) is 0 Å². The average molecular weight is 404 g/mol. The summed E-state index contributed by atoms with van der Waals surface area (Å²) in [6, 6.07) is 15.0. The molecule has 1 aromatic carbocycles. The Morgan fingerprint density at radius 3 is 2.63 bits per heavy atom. The van der Waals surface area contributed by atoms with Crippen LogP contribution in [-0.2, 0) is 22.5 Å². The zero-order valence-corrected chi connectivity index (χ0v) is 17.1. The third kappa shape index (κ3) is 5.90. The summed E-state index contributed by atoms with van der Waals surface area (Å²) in [5.41, 5.74) is 2.47. The number of aromatic nitrogens is 3. The van der Waals surface area contributed by atoms with Gasteiger partial charge in [0.15, 0.2) is 5.82 Å². The molecule has 0 spiro atoms. The highest BCUT2D eigenvalue weighted by molar-refractivity contribution is 5.91. The summed E-state index contributed by atoms with van der Waals surface area (Å²) in [7, 11) is 3.61. The molecule has 2 heterocycles. The first-order valence-corrected chi connectivity index (χ1v) is 9.54. The van der Waals surface area contributed by atoms with E-state index in [2.05, 4.69) is 21.5 Å². The molecule has 0 saturated heterocycles. The average Bonchev–Trinajstić information content (AvgIpc) is 3.19. The van der Waals surface area contributed by atoms with Gasteiger partial charge in [-0.25, -0.2) is 4.98 Å². The number of nitrogens with zero attached hydrogens (tertiary/aromatic N) is 5. The lowest BCUT2D eigenvalue weighted by Gasteiger charge is -2.17. The minimum Gasteiger partial charge on any atom is -0.383 e. The number of nitriles is 1. The first-order valence-electron chi connectivity index (χ1n) is 9.54. The number of hydrogen-bond acceptors (Lipinski definition) is 6. The highest BCUT2D eigenvalue weighted by Crippen LogP contribution is 2.12. The molecule has 0 saturated carbocycles. The van der Waals surface area contributed by atoms with Gasteiger partial charge in [-0.1, -0.05) is 18.2 Å². The van der Waals surface area contributed by atoms with E-state index in [0.29, 0.717) is 24.5 Å². The van der Waals surface area contributed by atoms with Crippen LogP contribution in [0.4, 0.5) is 11.6 Å². The first-order chi connectivity index (χ1) is 14.6. The van der Waals surface area contributed by atoms with Gasteiger partial charge in [0.05, 0.1) is 31.2 Å². The van der Waals surface area contributed by atoms with Crippen LogP contribution in [0.15, 0.2) is 54.9 Å². The number of rotatable bonds is 9. The van der Waals surface area contributed by atoms with E-state index in [-0.39, 0.29) is 12.3 Å². The molecule has 30 heavy (non-hydrogen) atoms. The highest BCUT2D eigenvalue weighted by Gasteiger charge is 2.08. The largest absolute Gasteiger partial charge is 0.383 e. The minimum absolute atomic E-state index is 0.152. The number of hydrogen-bond donors (Lipinski definition) is 1. The molecule has 0 unspecified atom stereocenters. The van der Waals surface area contributed by atoms with Crippen molar-refractivity contribution >= 4 is 17.5 Å². The van der Waals surface area contributed by atoms with Crippen LogP contribution >= 0.6 is 0 Å². The third-order valence-corrected chi connectivity index (χ3v) is 4.53. The first kappa shape index (κ1) is 21.0. The van der Waals surface area contributed by atoms with E-state index in [0.717, 1.165) is 23.5 Å². The zero-order chi connectivity index (χ0) is 21.3. The summed E-state index contributed by atoms with van der Waals surface area (Å²) in [6.45, 7) is 1.93. The van der Waals surface area contributed by atoms with Crippen LogP contribution in [0.25, 0.3) is 0 Å². The van der Waals surface area contributed by atoms with Crippen molar-refractivity contribution < 1.29 is 9.53 Å². The maximum atomic E-state index is 12.3. The summed E-state index contributed by atoms with van der Waals surface area (Å²) in [4.78, 5) is 18.7. The predicted molar refractivity (Wildman–Crippen MR) is 114 cm³/mol. The monoisotopic (exact) mass is 404 g/mol. The fourth-order valence-electron chi connectivity index (χ4n) is 2.85. The number of carbonyl (C=O) groups excluding carboxylic acids is 1. The Morgan fingerprint density at radius 1 is 1.20 bits per heavy atom. The number of ether oxygens (including phenoxy) is 1. The number of likely N-dealkylation sites (N-methyl/N-ethyl adjacent to an activating group) is 1. The Bertz CT molecular complexity index is 1010. The normalized spacial score (nSPS) is 10.4. The van der Waals surface area contributed by atoms with Crippen LogP contribution in [0.2, 0.25) is 0 Å². The van der Waals surface area contributed by atoms with Crippen molar-refractivity contribution in [1.82, 2.24) is 14.8 Å². The number of benzene rings is 1. The van der Waals surface area contributed by atoms with Crippen LogP contribution in [0.1, 0.15) is 16.7 Å². The lowest BCUT2D eigenvalue weighted by atomic mass is 10.1. The lowest BCUT2D eigenvalue weighted by Crippen LogP contribution is -2.23. The van der Waals surface area contributed by atoms with Crippen LogP contribution in [0, 0.1) is 11.3 Å². The molecule has 3 aromatic rings. The van der Waals surface area contributed by atoms with Crippen molar-refractivity contribution in [2.45, 2.75) is 13.0 Å². The van der Waals surface area contributed by atoms with Gasteiger partial charge >= 0.3 is 0 Å². The number of carbonyl (C=O) groups is 1. The molecule has 0 fully saturated rings. The zero-order valence-electron chi connectivity index (χ0n) is 17.1. The Hall–Kier alpha value is -3.70. The highest BCUT2D eigenvalue weighted by atomic mass is 16.5. The Labute approximate surface area is 175 Å². The fourth-order valence-corrected chi connectivity index (χ4v) is 2.85. The smallest absolute Gasteiger partial charge is 0.230 e. The van der Waals surface area contributed by atoms with Gasteiger partial charge in [0.1, 0.15) is 5.82 Å². The molecular formula is C22H24N6O2. The molecule has 1 N–H and O–H groups in total. The van der Waals surface area contributed by atoms with Crippen LogP contribution < -0.4 is 10.2 Å². The van der Waals surface area contributed by atoms with E-state index in [1.54, 1.807) is 42.4 Å². The molecule has 8 nitrogen and oxygen atoms in total. The summed E-state index contributed by atoms with van der Waals surface area (Å²) in [6.07, 6.45) is 3.74. The van der Waals surface area contributed by atoms with E-state index in [4.69, 9.17) is 10.00 Å². The third-order valence-electron chi connectivity index (χ3n) is 4.53. The second-order valence-electron chi connectivity index (χ2n) is 6.87. The van der Waals surface area contributed by atoms with E-state index < -0.39 is 0 Å². The van der Waals surface area contributed by atoms with Gasteiger partial charge < -0.3 is 15.0 Å². The number of nitrogens with one attached hydrogen (secondary N) is 1. The van der Waals surface area contributed by atoms with E-state index in [1.165, 1.54) is 0 Å². The Balaban J connectivity index is 1.52. The maximum absolute atomic E-state index is 12.3. The SMILES string of the molecule is COCCN(C)c1ccc(CC(=O)Nc2ccn(Cc3ccc(C#N)cc3)n2)cn1. The second-order valence-corrected chi connectivity index (χ2v) is 6.87. The van der Waals surface area contributed by atoms with Crippen molar-refractivity contribution in [3.8, 4) is 6.07 Å². The topological polar surface area (TPSA) is 96.1 Å². The van der Waals surface area contributed by atoms with Gasteiger partial charge in [-0.05, 0) is 29.3 Å². The van der Waals surface area contributed by atoms with Gasteiger partial charge in [0, 0.05) is 39.2 Å². The number of anilines is 2. The summed E-state index contributed by atoms with van der Waals surface area (Å²) >= 11 is 0. The standard InChI is InChI=1S/C22H24N6O2/c1-27(11-12-30-2)21-8-7-19(15-24-21)13-22(29)25-20-9-10-28(26-20)16-18-5-3-17(14-23)4-6-18/h3-10,15H,11-13,16H2,1-2H3,(H,25,26,29). The van der Waals surface area contributed by atoms with Crippen LogP contribution in [0.3, 0.4) is 0 Å². The molecule has 154 valence electrons. The van der Waals surface area contributed by atoms with Gasteiger partial charge in [0.25, 0.3) is 0 Å². The van der Waals surface area contributed by atoms with Gasteiger partial charge in [-0.3, -0.25) is 9.48 Å². The quantitative estimate of drug-likeness (QED) is 0.589. The van der Waals surface area contributed by atoms with E-state index >= 15 is 0 Å². The molecule has 8 heteroatoms. The van der Waals surface area contributed by atoms with Crippen molar-refractivity contribution in [2.24, 2.45) is 0 Å². The Kier molecular flexibility index (Phi) is 7.14. The van der Waals surface area contributed by atoms with Crippen molar-refractivity contribution in [3.63, 3.8) is 0 Å². The lowest BCUT2D eigenvalue weighted by molar-refractivity contribution is -0.115. The molecule has 2 aromatic heterocycles. The van der Waals surface area contributed by atoms with Gasteiger partial charge in [-0.15, -0.1) is 0 Å².